The van der Waals surface area contributed by atoms with Gasteiger partial charge >= 0.3 is 0 Å². The number of amides is 1. The molecule has 2 rings (SSSR count). The fourth-order valence-electron chi connectivity index (χ4n) is 1.83. The number of aryl methyl sites for hydroxylation is 1. The lowest BCUT2D eigenvalue weighted by molar-refractivity contribution is -0.122. The van der Waals surface area contributed by atoms with Crippen LogP contribution in [0.2, 0.25) is 0 Å². The van der Waals surface area contributed by atoms with Gasteiger partial charge in [0.05, 0.1) is 16.2 Å². The number of nitrogens with one attached hydrogen (secondary N) is 1. The molecule has 19 heavy (non-hydrogen) atoms. The van der Waals surface area contributed by atoms with Gasteiger partial charge in [-0.25, -0.2) is 0 Å². The van der Waals surface area contributed by atoms with Gasteiger partial charge < -0.3 is 5.32 Å². The number of nitrogens with zero attached hydrogens (tertiary/aromatic N) is 2. The van der Waals surface area contributed by atoms with Gasteiger partial charge in [0.25, 0.3) is 0 Å². The van der Waals surface area contributed by atoms with Crippen molar-refractivity contribution in [2.75, 3.05) is 0 Å². The van der Waals surface area contributed by atoms with Crippen LogP contribution < -0.4 is 5.32 Å². The summed E-state index contributed by atoms with van der Waals surface area (Å²) < 4.78 is 2.54. The smallest absolute Gasteiger partial charge is 0.242 e. The fraction of sp³-hybridized carbons (Fsp3) is 0.286. The predicted molar refractivity (Wildman–Crippen MR) is 77.7 cm³/mol. The molecule has 2 aromatic rings. The van der Waals surface area contributed by atoms with Crippen molar-refractivity contribution >= 4 is 21.8 Å². The molecule has 0 saturated heterocycles. The van der Waals surface area contributed by atoms with Gasteiger partial charge in [-0.1, -0.05) is 30.3 Å². The highest BCUT2D eigenvalue weighted by atomic mass is 79.9. The van der Waals surface area contributed by atoms with Gasteiger partial charge in [0.2, 0.25) is 5.91 Å². The molecule has 0 fully saturated rings. The second-order valence-corrected chi connectivity index (χ2v) is 5.31. The zero-order chi connectivity index (χ0) is 13.8. The third-order valence-corrected chi connectivity index (χ3v) is 3.65. The second kappa shape index (κ2) is 6.02. The van der Waals surface area contributed by atoms with Crippen molar-refractivity contribution in [2.45, 2.75) is 26.4 Å². The number of carbonyl (C=O) groups is 1. The summed E-state index contributed by atoms with van der Waals surface area (Å²) >= 11 is 3.38. The van der Waals surface area contributed by atoms with Crippen molar-refractivity contribution < 1.29 is 4.79 Å². The molecule has 0 spiro atoms. The van der Waals surface area contributed by atoms with E-state index < -0.39 is 0 Å². The van der Waals surface area contributed by atoms with E-state index in [4.69, 9.17) is 0 Å². The van der Waals surface area contributed by atoms with E-state index in [1.165, 1.54) is 0 Å². The van der Waals surface area contributed by atoms with Gasteiger partial charge in [-0.05, 0) is 35.3 Å². The normalized spacial score (nSPS) is 12.2. The van der Waals surface area contributed by atoms with Crippen molar-refractivity contribution in [1.29, 1.82) is 0 Å². The first kappa shape index (κ1) is 13.8. The Balaban J connectivity index is 1.94. The largest absolute Gasteiger partial charge is 0.348 e. The molecule has 100 valence electrons. The summed E-state index contributed by atoms with van der Waals surface area (Å²) in [5, 5.41) is 7.20. The molecule has 4 nitrogen and oxygen atoms in total. The monoisotopic (exact) mass is 321 g/mol. The van der Waals surface area contributed by atoms with Crippen molar-refractivity contribution in [3.8, 4) is 0 Å². The van der Waals surface area contributed by atoms with E-state index >= 15 is 0 Å². The lowest BCUT2D eigenvalue weighted by Crippen LogP contribution is -2.30. The first-order valence-corrected chi connectivity index (χ1v) is 6.89. The van der Waals surface area contributed by atoms with Crippen molar-refractivity contribution in [1.82, 2.24) is 15.1 Å². The van der Waals surface area contributed by atoms with Crippen LogP contribution in [0.1, 0.15) is 24.2 Å². The topological polar surface area (TPSA) is 46.9 Å². The van der Waals surface area contributed by atoms with Crippen LogP contribution in [0.5, 0.6) is 0 Å². The number of hydrogen-bond acceptors (Lipinski definition) is 2. The summed E-state index contributed by atoms with van der Waals surface area (Å²) in [7, 11) is 0. The van der Waals surface area contributed by atoms with Crippen molar-refractivity contribution in [3.05, 3.63) is 52.3 Å². The number of rotatable bonds is 4. The third-order valence-electron chi connectivity index (χ3n) is 2.87. The van der Waals surface area contributed by atoms with E-state index in [1.807, 2.05) is 50.4 Å². The average Bonchev–Trinajstić information content (AvgIpc) is 2.69. The molecule has 0 aliphatic heterocycles. The van der Waals surface area contributed by atoms with E-state index in [-0.39, 0.29) is 18.5 Å². The molecule has 0 bridgehead atoms. The van der Waals surface area contributed by atoms with Crippen LogP contribution in [-0.4, -0.2) is 15.7 Å². The summed E-state index contributed by atoms with van der Waals surface area (Å²) in [5.74, 6) is -0.0497. The zero-order valence-corrected chi connectivity index (χ0v) is 12.5. The van der Waals surface area contributed by atoms with E-state index in [0.29, 0.717) is 0 Å². The van der Waals surface area contributed by atoms with Gasteiger partial charge in [0.15, 0.2) is 0 Å². The van der Waals surface area contributed by atoms with Crippen LogP contribution in [0.25, 0.3) is 0 Å². The number of carbonyl (C=O) groups excluding carboxylic acids is 1. The first-order valence-electron chi connectivity index (χ1n) is 6.10. The Morgan fingerprint density at radius 2 is 2.11 bits per heavy atom. The van der Waals surface area contributed by atoms with Gasteiger partial charge in [0.1, 0.15) is 6.54 Å². The van der Waals surface area contributed by atoms with Crippen LogP contribution in [0.3, 0.4) is 0 Å². The van der Waals surface area contributed by atoms with Crippen LogP contribution >= 0.6 is 15.9 Å². The highest BCUT2D eigenvalue weighted by molar-refractivity contribution is 9.10. The molecule has 1 aromatic carbocycles. The highest BCUT2D eigenvalue weighted by Gasteiger charge is 2.11. The Bertz CT molecular complexity index is 546. The fourth-order valence-corrected chi connectivity index (χ4v) is 2.15. The number of aromatic nitrogens is 2. The van der Waals surface area contributed by atoms with Crippen LogP contribution in [-0.2, 0) is 11.3 Å². The predicted octanol–water partition coefficient (Wildman–Crippen LogP) is 2.83. The molecule has 1 aromatic heterocycles. The molecule has 0 radical (unpaired) electrons. The quantitative estimate of drug-likeness (QED) is 0.941. The maximum absolute atomic E-state index is 11.9. The minimum Gasteiger partial charge on any atom is -0.348 e. The summed E-state index contributed by atoms with van der Waals surface area (Å²) in [6.45, 7) is 4.09. The minimum absolute atomic E-state index is 0.00574. The van der Waals surface area contributed by atoms with Gasteiger partial charge in [-0.2, -0.15) is 5.10 Å². The Kier molecular flexibility index (Phi) is 4.37. The minimum atomic E-state index is -0.0497. The molecule has 1 amide bonds. The molecular weight excluding hydrogens is 306 g/mol. The Morgan fingerprint density at radius 3 is 2.68 bits per heavy atom. The Morgan fingerprint density at radius 1 is 1.42 bits per heavy atom. The molecular formula is C14H16BrN3O. The maximum atomic E-state index is 11.9. The molecule has 1 heterocycles. The lowest BCUT2D eigenvalue weighted by atomic mass is 10.1. The van der Waals surface area contributed by atoms with E-state index in [9.17, 15) is 4.79 Å². The van der Waals surface area contributed by atoms with Crippen LogP contribution in [0, 0.1) is 6.92 Å². The Hall–Kier alpha value is -1.62. The molecule has 5 heteroatoms. The molecule has 1 unspecified atom stereocenters. The van der Waals surface area contributed by atoms with E-state index in [2.05, 4.69) is 26.3 Å². The SMILES string of the molecule is Cc1nn(CC(=O)NC(C)c2ccccc2)cc1Br. The maximum Gasteiger partial charge on any atom is 0.242 e. The van der Waals surface area contributed by atoms with E-state index in [0.717, 1.165) is 15.7 Å². The van der Waals surface area contributed by atoms with Gasteiger partial charge in [-0.3, -0.25) is 9.48 Å². The summed E-state index contributed by atoms with van der Waals surface area (Å²) in [6.07, 6.45) is 1.81. The molecule has 0 aliphatic carbocycles. The van der Waals surface area contributed by atoms with Gasteiger partial charge in [0, 0.05) is 6.20 Å². The summed E-state index contributed by atoms with van der Waals surface area (Å²) in [6, 6.07) is 9.88. The van der Waals surface area contributed by atoms with Crippen molar-refractivity contribution in [3.63, 3.8) is 0 Å². The Labute approximate surface area is 120 Å². The van der Waals surface area contributed by atoms with E-state index in [1.54, 1.807) is 4.68 Å². The highest BCUT2D eigenvalue weighted by Crippen LogP contribution is 2.14. The second-order valence-electron chi connectivity index (χ2n) is 4.46. The molecule has 1 N–H and O–H groups in total. The first-order chi connectivity index (χ1) is 9.06. The van der Waals surface area contributed by atoms with Crippen LogP contribution in [0.15, 0.2) is 41.0 Å². The lowest BCUT2D eigenvalue weighted by Gasteiger charge is -2.14. The number of hydrogen-bond donors (Lipinski definition) is 1. The van der Waals surface area contributed by atoms with Crippen molar-refractivity contribution in [2.24, 2.45) is 0 Å². The molecule has 0 saturated carbocycles. The molecule has 0 aliphatic rings. The zero-order valence-electron chi connectivity index (χ0n) is 10.9. The van der Waals surface area contributed by atoms with Gasteiger partial charge in [-0.15, -0.1) is 0 Å². The summed E-state index contributed by atoms with van der Waals surface area (Å²) in [4.78, 5) is 11.9. The average molecular weight is 322 g/mol. The standard InChI is InChI=1S/C14H16BrN3O/c1-10(12-6-4-3-5-7-12)16-14(19)9-18-8-13(15)11(2)17-18/h3-8,10H,9H2,1-2H3,(H,16,19). The summed E-state index contributed by atoms with van der Waals surface area (Å²) in [5.41, 5.74) is 1.97. The molecule has 1 atom stereocenters. The number of benzene rings is 1. The number of halogens is 1. The third kappa shape index (κ3) is 3.67. The van der Waals surface area contributed by atoms with Crippen LogP contribution in [0.4, 0.5) is 0 Å².